The van der Waals surface area contributed by atoms with E-state index in [1.165, 1.54) is 49.8 Å². The highest BCUT2D eigenvalue weighted by atomic mass is 16.3. The van der Waals surface area contributed by atoms with Crippen molar-refractivity contribution in [1.82, 2.24) is 4.98 Å². The molecule has 0 unspecified atom stereocenters. The molecule has 3 heteroatoms. The van der Waals surface area contributed by atoms with Crippen LogP contribution in [0.15, 0.2) is 28.9 Å². The number of rotatable bonds is 5. The summed E-state index contributed by atoms with van der Waals surface area (Å²) in [6, 6.07) is 7.02. The second-order valence-corrected chi connectivity index (χ2v) is 7.17. The molecular formula is C20H28N2O. The molecule has 1 aliphatic rings. The summed E-state index contributed by atoms with van der Waals surface area (Å²) in [4.78, 5) is 4.45. The first-order valence-electron chi connectivity index (χ1n) is 8.94. The Morgan fingerprint density at radius 2 is 2.00 bits per heavy atom. The topological polar surface area (TPSA) is 38.1 Å². The molecule has 3 nitrogen and oxygen atoms in total. The van der Waals surface area contributed by atoms with Gasteiger partial charge in [-0.2, -0.15) is 0 Å². The van der Waals surface area contributed by atoms with Gasteiger partial charge in [0, 0.05) is 17.3 Å². The number of nitrogens with one attached hydrogen (secondary N) is 1. The van der Waals surface area contributed by atoms with Crippen LogP contribution in [0.4, 0.5) is 5.69 Å². The summed E-state index contributed by atoms with van der Waals surface area (Å²) in [6.45, 7) is 6.33. The summed E-state index contributed by atoms with van der Waals surface area (Å²) in [5.74, 6) is 1.55. The van der Waals surface area contributed by atoms with Crippen LogP contribution in [-0.2, 0) is 6.42 Å². The second-order valence-electron chi connectivity index (χ2n) is 7.17. The Morgan fingerprint density at radius 3 is 2.65 bits per heavy atom. The van der Waals surface area contributed by atoms with E-state index in [0.29, 0.717) is 11.9 Å². The Kier molecular flexibility index (Phi) is 5.04. The van der Waals surface area contributed by atoms with Gasteiger partial charge in [0.15, 0.2) is 0 Å². The van der Waals surface area contributed by atoms with Crippen molar-refractivity contribution in [1.29, 1.82) is 0 Å². The van der Waals surface area contributed by atoms with Crippen LogP contribution in [-0.4, -0.2) is 11.0 Å². The van der Waals surface area contributed by atoms with Crippen molar-refractivity contribution in [3.05, 3.63) is 35.7 Å². The fourth-order valence-electron chi connectivity index (χ4n) is 3.52. The Balaban J connectivity index is 1.85. The number of aryl methyl sites for hydroxylation is 1. The van der Waals surface area contributed by atoms with Gasteiger partial charge in [-0.05, 0) is 50.8 Å². The fourth-order valence-corrected chi connectivity index (χ4v) is 3.52. The van der Waals surface area contributed by atoms with Gasteiger partial charge in [0.1, 0.15) is 6.26 Å². The minimum atomic E-state index is 0.418. The molecule has 0 radical (unpaired) electrons. The number of anilines is 1. The zero-order valence-corrected chi connectivity index (χ0v) is 14.6. The van der Waals surface area contributed by atoms with Gasteiger partial charge in [0.25, 0.3) is 0 Å². The normalized spacial score (nSPS) is 16.0. The standard InChI is InChI=1S/C20H28N2O/c1-14(2)21-19-12-18(20-22-15(3)13-23-20)10-9-17(19)11-16-7-5-4-6-8-16/h9-10,12-14,16,21H,4-8,11H2,1-3H3. The zero-order valence-electron chi connectivity index (χ0n) is 14.6. The smallest absolute Gasteiger partial charge is 0.226 e. The Hall–Kier alpha value is -1.77. The van der Waals surface area contributed by atoms with Crippen LogP contribution in [0.2, 0.25) is 0 Å². The average molecular weight is 312 g/mol. The molecule has 0 saturated heterocycles. The van der Waals surface area contributed by atoms with Gasteiger partial charge >= 0.3 is 0 Å². The Bertz CT molecular complexity index is 639. The van der Waals surface area contributed by atoms with Gasteiger partial charge in [-0.25, -0.2) is 4.98 Å². The van der Waals surface area contributed by atoms with Gasteiger partial charge in [0.05, 0.1) is 5.69 Å². The van der Waals surface area contributed by atoms with E-state index in [1.54, 1.807) is 6.26 Å². The molecule has 1 saturated carbocycles. The summed E-state index contributed by atoms with van der Waals surface area (Å²) in [5.41, 5.74) is 4.63. The lowest BCUT2D eigenvalue weighted by atomic mass is 9.84. The molecule has 0 bridgehead atoms. The first-order chi connectivity index (χ1) is 11.1. The summed E-state index contributed by atoms with van der Waals surface area (Å²) in [7, 11) is 0. The molecule has 0 aliphatic heterocycles. The van der Waals surface area contributed by atoms with Crippen LogP contribution in [0.25, 0.3) is 11.5 Å². The number of oxazole rings is 1. The number of nitrogens with zero attached hydrogens (tertiary/aromatic N) is 1. The van der Waals surface area contributed by atoms with Crippen LogP contribution in [0, 0.1) is 12.8 Å². The largest absolute Gasteiger partial charge is 0.444 e. The third-order valence-electron chi connectivity index (χ3n) is 4.65. The quantitative estimate of drug-likeness (QED) is 0.781. The predicted molar refractivity (Wildman–Crippen MR) is 95.7 cm³/mol. The third-order valence-corrected chi connectivity index (χ3v) is 4.65. The molecule has 23 heavy (non-hydrogen) atoms. The molecule has 0 amide bonds. The zero-order chi connectivity index (χ0) is 16.2. The number of hydrogen-bond acceptors (Lipinski definition) is 3. The number of benzene rings is 1. The maximum Gasteiger partial charge on any atom is 0.226 e. The summed E-state index contributed by atoms with van der Waals surface area (Å²) in [5, 5.41) is 3.61. The molecule has 1 aliphatic carbocycles. The molecular weight excluding hydrogens is 284 g/mol. The third kappa shape index (κ3) is 4.15. The molecule has 1 N–H and O–H groups in total. The van der Waals surface area contributed by atoms with Gasteiger partial charge in [-0.15, -0.1) is 0 Å². The monoisotopic (exact) mass is 312 g/mol. The lowest BCUT2D eigenvalue weighted by Gasteiger charge is -2.24. The van der Waals surface area contributed by atoms with E-state index in [0.717, 1.165) is 17.2 Å². The second kappa shape index (κ2) is 7.20. The molecule has 0 atom stereocenters. The maximum absolute atomic E-state index is 5.56. The maximum atomic E-state index is 5.56. The first-order valence-corrected chi connectivity index (χ1v) is 8.94. The summed E-state index contributed by atoms with van der Waals surface area (Å²) >= 11 is 0. The van der Waals surface area contributed by atoms with Gasteiger partial charge < -0.3 is 9.73 Å². The lowest BCUT2D eigenvalue weighted by Crippen LogP contribution is -2.14. The van der Waals surface area contributed by atoms with E-state index in [1.807, 2.05) is 6.92 Å². The Labute approximate surface area is 139 Å². The van der Waals surface area contributed by atoms with Gasteiger partial charge in [0.2, 0.25) is 5.89 Å². The van der Waals surface area contributed by atoms with E-state index in [9.17, 15) is 0 Å². The first kappa shape index (κ1) is 16.1. The highest BCUT2D eigenvalue weighted by Crippen LogP contribution is 2.32. The minimum Gasteiger partial charge on any atom is -0.444 e. The lowest BCUT2D eigenvalue weighted by molar-refractivity contribution is 0.357. The van der Waals surface area contributed by atoms with Crippen molar-refractivity contribution >= 4 is 5.69 Å². The van der Waals surface area contributed by atoms with Crippen molar-refractivity contribution in [2.75, 3.05) is 5.32 Å². The summed E-state index contributed by atoms with van der Waals surface area (Å²) < 4.78 is 5.56. The average Bonchev–Trinajstić information content (AvgIpc) is 2.96. The van der Waals surface area contributed by atoms with E-state index in [4.69, 9.17) is 4.42 Å². The predicted octanol–water partition coefficient (Wildman–Crippen LogP) is 5.59. The van der Waals surface area contributed by atoms with Crippen molar-refractivity contribution < 1.29 is 4.42 Å². The van der Waals surface area contributed by atoms with E-state index < -0.39 is 0 Å². The summed E-state index contributed by atoms with van der Waals surface area (Å²) in [6.07, 6.45) is 9.84. The molecule has 1 aromatic heterocycles. The van der Waals surface area contributed by atoms with Crippen LogP contribution in [0.1, 0.15) is 57.2 Å². The molecule has 3 rings (SSSR count). The molecule has 2 aromatic rings. The van der Waals surface area contributed by atoms with E-state index in [2.05, 4.69) is 42.3 Å². The Morgan fingerprint density at radius 1 is 1.22 bits per heavy atom. The van der Waals surface area contributed by atoms with E-state index in [-0.39, 0.29) is 0 Å². The van der Waals surface area contributed by atoms with E-state index >= 15 is 0 Å². The number of aromatic nitrogens is 1. The molecule has 1 aromatic carbocycles. The highest BCUT2D eigenvalue weighted by Gasteiger charge is 2.17. The van der Waals surface area contributed by atoms with Crippen LogP contribution in [0.5, 0.6) is 0 Å². The van der Waals surface area contributed by atoms with Gasteiger partial charge in [-0.1, -0.05) is 38.2 Å². The fraction of sp³-hybridized carbons (Fsp3) is 0.550. The molecule has 1 fully saturated rings. The van der Waals surface area contributed by atoms with Crippen molar-refractivity contribution in [3.63, 3.8) is 0 Å². The van der Waals surface area contributed by atoms with Crippen LogP contribution < -0.4 is 5.32 Å². The molecule has 1 heterocycles. The highest BCUT2D eigenvalue weighted by molar-refractivity contribution is 5.65. The van der Waals surface area contributed by atoms with Crippen molar-refractivity contribution in [2.45, 2.75) is 65.3 Å². The van der Waals surface area contributed by atoms with Crippen LogP contribution >= 0.6 is 0 Å². The van der Waals surface area contributed by atoms with Gasteiger partial charge in [-0.3, -0.25) is 0 Å². The molecule has 124 valence electrons. The van der Waals surface area contributed by atoms with Crippen LogP contribution in [0.3, 0.4) is 0 Å². The van der Waals surface area contributed by atoms with Crippen molar-refractivity contribution in [3.8, 4) is 11.5 Å². The number of hydrogen-bond donors (Lipinski definition) is 1. The molecule has 0 spiro atoms. The SMILES string of the molecule is Cc1coc(-c2ccc(CC3CCCCC3)c(NC(C)C)c2)n1. The minimum absolute atomic E-state index is 0.418. The van der Waals surface area contributed by atoms with Crippen molar-refractivity contribution in [2.24, 2.45) is 5.92 Å².